The standard InChI is InChI=1S/C23H26Cl2N6O2S/c1-5-13(2)18(26-22(33)27-19-16(24)7-6-8-17(19)25)20(32)28-23-30-29-21(34-23)14-9-11-15(12-10-14)31(3)4/h6-13,18H,5H2,1-4H3,(H2,26,27,33)(H,28,30,32). The van der Waals surface area contributed by atoms with Gasteiger partial charge in [0.15, 0.2) is 0 Å². The Labute approximate surface area is 212 Å². The van der Waals surface area contributed by atoms with Crippen molar-refractivity contribution in [1.82, 2.24) is 15.5 Å². The summed E-state index contributed by atoms with van der Waals surface area (Å²) in [5, 5.41) is 18.0. The number of nitrogens with zero attached hydrogens (tertiary/aromatic N) is 3. The maximum absolute atomic E-state index is 13.0. The van der Waals surface area contributed by atoms with Crippen LogP contribution in [0, 0.1) is 5.92 Å². The number of anilines is 3. The minimum atomic E-state index is -0.807. The molecule has 2 unspecified atom stereocenters. The largest absolute Gasteiger partial charge is 0.378 e. The van der Waals surface area contributed by atoms with Crippen molar-refractivity contribution in [2.75, 3.05) is 29.6 Å². The van der Waals surface area contributed by atoms with Crippen molar-refractivity contribution >= 4 is 63.0 Å². The second-order valence-electron chi connectivity index (χ2n) is 7.90. The Morgan fingerprint density at radius 3 is 2.26 bits per heavy atom. The lowest BCUT2D eigenvalue weighted by Crippen LogP contribution is -2.49. The molecule has 0 aliphatic heterocycles. The normalized spacial score (nSPS) is 12.5. The summed E-state index contributed by atoms with van der Waals surface area (Å²) in [5.74, 6) is -0.529. The van der Waals surface area contributed by atoms with Gasteiger partial charge >= 0.3 is 6.03 Å². The number of hydrogen-bond acceptors (Lipinski definition) is 6. The molecule has 34 heavy (non-hydrogen) atoms. The number of nitrogens with one attached hydrogen (secondary N) is 3. The van der Waals surface area contributed by atoms with Crippen molar-refractivity contribution in [1.29, 1.82) is 0 Å². The number of hydrogen-bond donors (Lipinski definition) is 3. The number of carbonyl (C=O) groups is 2. The van der Waals surface area contributed by atoms with Crippen LogP contribution >= 0.6 is 34.5 Å². The molecule has 0 saturated carbocycles. The average Bonchev–Trinajstić information content (AvgIpc) is 3.28. The van der Waals surface area contributed by atoms with E-state index in [4.69, 9.17) is 23.2 Å². The number of urea groups is 1. The van der Waals surface area contributed by atoms with E-state index in [0.717, 1.165) is 11.3 Å². The highest BCUT2D eigenvalue weighted by molar-refractivity contribution is 7.18. The van der Waals surface area contributed by atoms with Crippen LogP contribution in [0.15, 0.2) is 42.5 Å². The first-order valence-electron chi connectivity index (χ1n) is 10.6. The van der Waals surface area contributed by atoms with E-state index in [-0.39, 0.29) is 17.5 Å². The molecule has 8 nitrogen and oxygen atoms in total. The molecule has 2 atom stereocenters. The first-order chi connectivity index (χ1) is 16.2. The maximum Gasteiger partial charge on any atom is 0.319 e. The van der Waals surface area contributed by atoms with Gasteiger partial charge in [0.1, 0.15) is 11.0 Å². The molecule has 11 heteroatoms. The molecule has 3 aromatic rings. The second-order valence-corrected chi connectivity index (χ2v) is 9.69. The van der Waals surface area contributed by atoms with Gasteiger partial charge in [0, 0.05) is 25.3 Å². The van der Waals surface area contributed by atoms with Gasteiger partial charge in [0.2, 0.25) is 11.0 Å². The number of aromatic nitrogens is 2. The van der Waals surface area contributed by atoms with Crippen molar-refractivity contribution in [3.05, 3.63) is 52.5 Å². The van der Waals surface area contributed by atoms with Crippen LogP contribution in [0.3, 0.4) is 0 Å². The number of rotatable bonds is 8. The predicted molar refractivity (Wildman–Crippen MR) is 140 cm³/mol. The third-order valence-corrected chi connectivity index (χ3v) is 6.79. The molecule has 3 N–H and O–H groups in total. The van der Waals surface area contributed by atoms with Crippen molar-refractivity contribution < 1.29 is 9.59 Å². The van der Waals surface area contributed by atoms with Gasteiger partial charge in [-0.15, -0.1) is 10.2 Å². The summed E-state index contributed by atoms with van der Waals surface area (Å²) in [7, 11) is 3.94. The van der Waals surface area contributed by atoms with Crippen LogP contribution < -0.4 is 20.9 Å². The fraction of sp³-hybridized carbons (Fsp3) is 0.304. The maximum atomic E-state index is 13.0. The zero-order valence-corrected chi connectivity index (χ0v) is 21.6. The van der Waals surface area contributed by atoms with Crippen LogP contribution in [0.5, 0.6) is 0 Å². The lowest BCUT2D eigenvalue weighted by molar-refractivity contribution is -0.119. The van der Waals surface area contributed by atoms with Crippen LogP contribution in [0.2, 0.25) is 10.0 Å². The van der Waals surface area contributed by atoms with Crippen LogP contribution in [0.25, 0.3) is 10.6 Å². The van der Waals surface area contributed by atoms with Gasteiger partial charge in [-0.1, -0.05) is 60.9 Å². The molecule has 180 valence electrons. The van der Waals surface area contributed by atoms with Gasteiger partial charge in [0.05, 0.1) is 15.7 Å². The Balaban J connectivity index is 1.69. The average molecular weight is 521 g/mol. The van der Waals surface area contributed by atoms with Crippen LogP contribution in [0.1, 0.15) is 20.3 Å². The molecule has 0 spiro atoms. The highest BCUT2D eigenvalue weighted by atomic mass is 35.5. The molecule has 2 aromatic carbocycles. The fourth-order valence-electron chi connectivity index (χ4n) is 3.09. The first-order valence-corrected chi connectivity index (χ1v) is 12.2. The van der Waals surface area contributed by atoms with Gasteiger partial charge in [-0.25, -0.2) is 4.79 Å². The van der Waals surface area contributed by atoms with Gasteiger partial charge in [-0.3, -0.25) is 10.1 Å². The Hall–Kier alpha value is -2.88. The molecular formula is C23H26Cl2N6O2S. The van der Waals surface area contributed by atoms with Crippen molar-refractivity contribution in [2.24, 2.45) is 5.92 Å². The summed E-state index contributed by atoms with van der Waals surface area (Å²) in [4.78, 5) is 27.7. The minimum Gasteiger partial charge on any atom is -0.378 e. The molecule has 1 aromatic heterocycles. The number of para-hydroxylation sites is 1. The van der Waals surface area contributed by atoms with Gasteiger partial charge in [0.25, 0.3) is 0 Å². The number of amides is 3. The van der Waals surface area contributed by atoms with Crippen molar-refractivity contribution in [3.8, 4) is 10.6 Å². The third kappa shape index (κ3) is 6.37. The summed E-state index contributed by atoms with van der Waals surface area (Å²) in [6.45, 7) is 3.82. The SMILES string of the molecule is CCC(C)C(NC(=O)Nc1c(Cl)cccc1Cl)C(=O)Nc1nnc(-c2ccc(N(C)C)cc2)s1. The lowest BCUT2D eigenvalue weighted by atomic mass is 9.98. The van der Waals surface area contributed by atoms with Crippen LogP contribution in [0.4, 0.5) is 21.3 Å². The van der Waals surface area contributed by atoms with Gasteiger partial charge in [-0.2, -0.15) is 0 Å². The van der Waals surface area contributed by atoms with Crippen LogP contribution in [-0.4, -0.2) is 42.3 Å². The van der Waals surface area contributed by atoms with Crippen LogP contribution in [-0.2, 0) is 4.79 Å². The Bertz CT molecular complexity index is 1130. The molecule has 0 fully saturated rings. The van der Waals surface area contributed by atoms with E-state index in [1.165, 1.54) is 11.3 Å². The van der Waals surface area contributed by atoms with Crippen molar-refractivity contribution in [3.63, 3.8) is 0 Å². The summed E-state index contributed by atoms with van der Waals surface area (Å²) in [6.07, 6.45) is 0.671. The van der Waals surface area contributed by atoms with Gasteiger partial charge in [-0.05, 0) is 42.3 Å². The number of carbonyl (C=O) groups excluding carboxylic acids is 2. The quantitative estimate of drug-likeness (QED) is 0.351. The predicted octanol–water partition coefficient (Wildman–Crippen LogP) is 5.75. The molecule has 1 heterocycles. The molecule has 3 rings (SSSR count). The zero-order valence-electron chi connectivity index (χ0n) is 19.2. The zero-order chi connectivity index (χ0) is 24.8. The Morgan fingerprint density at radius 2 is 1.68 bits per heavy atom. The smallest absolute Gasteiger partial charge is 0.319 e. The lowest BCUT2D eigenvalue weighted by Gasteiger charge is -2.23. The highest BCUT2D eigenvalue weighted by Crippen LogP contribution is 2.30. The fourth-order valence-corrected chi connectivity index (χ4v) is 4.33. The minimum absolute atomic E-state index is 0.140. The molecule has 0 saturated heterocycles. The third-order valence-electron chi connectivity index (χ3n) is 5.27. The summed E-state index contributed by atoms with van der Waals surface area (Å²) in [6, 6.07) is 11.4. The van der Waals surface area contributed by atoms with E-state index in [1.54, 1.807) is 18.2 Å². The van der Waals surface area contributed by atoms with E-state index in [2.05, 4.69) is 26.1 Å². The topological polar surface area (TPSA) is 99.2 Å². The summed E-state index contributed by atoms with van der Waals surface area (Å²) >= 11 is 13.5. The molecule has 0 aliphatic rings. The molecule has 0 bridgehead atoms. The number of halogens is 2. The Kier molecular flexibility index (Phi) is 8.71. The summed E-state index contributed by atoms with van der Waals surface area (Å²) in [5.41, 5.74) is 2.25. The van der Waals surface area contributed by atoms with E-state index in [9.17, 15) is 9.59 Å². The van der Waals surface area contributed by atoms with E-state index in [1.807, 2.05) is 57.1 Å². The summed E-state index contributed by atoms with van der Waals surface area (Å²) < 4.78 is 0. The molecule has 0 aliphatic carbocycles. The van der Waals surface area contributed by atoms with Crippen molar-refractivity contribution in [2.45, 2.75) is 26.3 Å². The highest BCUT2D eigenvalue weighted by Gasteiger charge is 2.27. The van der Waals surface area contributed by atoms with Gasteiger partial charge < -0.3 is 15.5 Å². The Morgan fingerprint density at radius 1 is 1.03 bits per heavy atom. The monoisotopic (exact) mass is 520 g/mol. The first kappa shape index (κ1) is 25.7. The molecule has 3 amide bonds. The van der Waals surface area contributed by atoms with E-state index < -0.39 is 12.1 Å². The van der Waals surface area contributed by atoms with E-state index >= 15 is 0 Å². The molecular weight excluding hydrogens is 495 g/mol. The second kappa shape index (κ2) is 11.5. The number of benzene rings is 2. The van der Waals surface area contributed by atoms with E-state index in [0.29, 0.717) is 26.6 Å². The molecule has 0 radical (unpaired) electrons.